The van der Waals surface area contributed by atoms with Gasteiger partial charge in [-0.25, -0.2) is 43.9 Å². The van der Waals surface area contributed by atoms with Crippen LogP contribution in [0.3, 0.4) is 0 Å². The number of aromatic amines is 2. The monoisotopic (exact) mass is 1710 g/mol. The van der Waals surface area contributed by atoms with Crippen molar-refractivity contribution in [3.63, 3.8) is 0 Å². The molecule has 13 aromatic rings. The van der Waals surface area contributed by atoms with E-state index >= 15 is 0 Å². The van der Waals surface area contributed by atoms with Gasteiger partial charge in [-0.2, -0.15) is 54.8 Å². The van der Waals surface area contributed by atoms with Crippen LogP contribution >= 0.6 is 55.9 Å². The quantitative estimate of drug-likeness (QED) is 0.0412. The van der Waals surface area contributed by atoms with Crippen LogP contribution in [0.25, 0.3) is 50.1 Å². The Balaban J connectivity index is 0.000000149. The lowest BCUT2D eigenvalue weighted by Gasteiger charge is -2.27. The molecule has 16 rings (SSSR count). The summed E-state index contributed by atoms with van der Waals surface area (Å²) >= 11 is 12.7. The first kappa shape index (κ1) is 83.4. The van der Waals surface area contributed by atoms with Gasteiger partial charge in [-0.1, -0.05) is 114 Å². The highest BCUT2D eigenvalue weighted by atomic mass is 79.9. The Labute approximate surface area is 668 Å². The number of fused-ring (bicyclic) bond motifs is 5. The van der Waals surface area contributed by atoms with Gasteiger partial charge >= 0.3 is 25.6 Å². The Bertz CT molecular complexity index is 5310. The van der Waals surface area contributed by atoms with E-state index in [9.17, 15) is 39.5 Å². The van der Waals surface area contributed by atoms with Crippen LogP contribution in [0.5, 0.6) is 0 Å². The number of alkyl halides is 9. The number of benzene rings is 5. The van der Waals surface area contributed by atoms with Crippen LogP contribution in [0.4, 0.5) is 51.4 Å². The molecular weight excluding hydrogens is 1630 g/mol. The zero-order chi connectivity index (χ0) is 79.1. The summed E-state index contributed by atoms with van der Waals surface area (Å²) in [6, 6.07) is 34.8. The normalized spacial score (nSPS) is 13.3. The molecule has 0 unspecified atom stereocenters. The number of anilines is 2. The lowest BCUT2D eigenvalue weighted by Crippen LogP contribution is -2.31. The van der Waals surface area contributed by atoms with Crippen molar-refractivity contribution in [2.75, 3.05) is 29.4 Å². The Kier molecular flexibility index (Phi) is 26.9. The van der Waals surface area contributed by atoms with E-state index in [-0.39, 0.29) is 29.6 Å². The number of hydrogen-bond acceptors (Lipinski definition) is 14. The van der Waals surface area contributed by atoms with E-state index in [4.69, 9.17) is 36.9 Å². The second-order valence-corrected chi connectivity index (χ2v) is 28.2. The lowest BCUT2D eigenvalue weighted by molar-refractivity contribution is -0.138. The fourth-order valence-corrected chi connectivity index (χ4v) is 15.0. The fourth-order valence-electron chi connectivity index (χ4n) is 13.7. The third-order valence-electron chi connectivity index (χ3n) is 19.5. The van der Waals surface area contributed by atoms with Crippen molar-refractivity contribution in [1.82, 2.24) is 74.5 Å². The van der Waals surface area contributed by atoms with E-state index in [1.54, 1.807) is 12.1 Å². The molecule has 0 bridgehead atoms. The van der Waals surface area contributed by atoms with Gasteiger partial charge in [-0.15, -0.1) is 12.4 Å². The summed E-state index contributed by atoms with van der Waals surface area (Å²) in [5.74, 6) is 0.572. The third kappa shape index (κ3) is 18.6. The SMILES string of the molecule is CCc1cccc(CC)c1-n1nc2c(c1-c1ccc3[nH]ccc3c1)CN(c1ncc(C(F)(F)F)cn1)CC2.CCc1cccc(CC)c1-n1nc2c(c1Br)CN(c1ncc(C(F)(F)F)cn1)CC2.CCc1cccc(CC)c1-n1nc2c(c1Br)CNCC2.Cl.FC(F)(F)c1cnc(Cl)nc1.OB(O)c1ccc2[nH]ccc2c1. The maximum Gasteiger partial charge on any atom is 0.488 e. The molecule has 19 nitrogen and oxygen atoms in total. The summed E-state index contributed by atoms with van der Waals surface area (Å²) in [6.07, 6.45) is 2.98. The second kappa shape index (κ2) is 36.1. The van der Waals surface area contributed by atoms with Gasteiger partial charge in [-0.05, 0) is 157 Å². The topological polar surface area (TPSA) is 221 Å². The number of nitrogens with zero attached hydrogens (tertiary/aromatic N) is 14. The van der Waals surface area contributed by atoms with Crippen molar-refractivity contribution >= 4 is 102 Å². The van der Waals surface area contributed by atoms with E-state index in [0.29, 0.717) is 56.9 Å². The van der Waals surface area contributed by atoms with Gasteiger partial charge in [0.05, 0.1) is 63.1 Å². The summed E-state index contributed by atoms with van der Waals surface area (Å²) in [4.78, 5) is 32.5. The van der Waals surface area contributed by atoms with Gasteiger partial charge in [0.1, 0.15) is 9.21 Å². The Morgan fingerprint density at radius 2 is 0.839 bits per heavy atom. The van der Waals surface area contributed by atoms with E-state index < -0.39 is 42.3 Å². The molecule has 0 aliphatic carbocycles. The first-order chi connectivity index (χ1) is 53.2. The van der Waals surface area contributed by atoms with Gasteiger partial charge in [0.15, 0.2) is 0 Å². The number of para-hydroxylation sites is 3. The van der Waals surface area contributed by atoms with E-state index in [1.165, 1.54) is 50.3 Å². The molecule has 0 atom stereocenters. The summed E-state index contributed by atoms with van der Waals surface area (Å²) in [6.45, 7) is 17.0. The molecule has 0 fully saturated rings. The van der Waals surface area contributed by atoms with Gasteiger partial charge in [0, 0.05) is 140 Å². The zero-order valence-corrected chi connectivity index (χ0v) is 66.5. The standard InChI is InChI=1S/C29H27F3N6.C21H21BrF3N5.C16H20BrN3.C8H8BNO2.C5H2ClF3N2.ClH/c1-3-18-6-5-7-19(4-2)26(18)38-27(21-8-9-24-20(14-21)10-12-33-24)23-17-37(13-11-25(23)36-38)28-34-15-22(16-35-28)29(30,31)32;1-3-13-6-5-7-14(4-2)18(13)30-19(22)16-12-29(9-8-17(16)28-30)20-26-10-15(11-27-20)21(23,24)25;1-3-11-6-5-7-12(4-2)15(11)20-16(17)13-10-18-9-8-14(13)19-20;11-9(12)7-1-2-8-6(5-7)3-4-10-8;6-4-10-1-3(2-11-4)5(7,8)9;/h5-10,12,14-16,33H,3-4,11,13,17H2,1-2H3;5-7,10-11H,3-4,8-9,12H2,1-2H3;5-7,18H,3-4,8-10H2,1-2H3;1-5,10-12H;1-2H;1H. The van der Waals surface area contributed by atoms with Crippen LogP contribution in [0.2, 0.25) is 5.28 Å². The molecule has 8 aromatic heterocycles. The Morgan fingerprint density at radius 3 is 1.26 bits per heavy atom. The van der Waals surface area contributed by atoms with Crippen LogP contribution in [0.15, 0.2) is 162 Å². The van der Waals surface area contributed by atoms with Crippen LogP contribution in [-0.2, 0) is 96.0 Å². The summed E-state index contributed by atoms with van der Waals surface area (Å²) < 4.78 is 121. The summed E-state index contributed by atoms with van der Waals surface area (Å²) in [5, 5.41) is 37.9. The highest BCUT2D eigenvalue weighted by molar-refractivity contribution is 9.10. The number of halogens is 13. The van der Waals surface area contributed by atoms with Gasteiger partial charge in [0.2, 0.25) is 17.2 Å². The number of hydrogen-bond donors (Lipinski definition) is 5. The molecule has 5 N–H and O–H groups in total. The average molecular weight is 1710 g/mol. The number of aryl methyl sites for hydroxylation is 6. The molecular formula is C79H79BBr2Cl2F9N17O2. The lowest BCUT2D eigenvalue weighted by atomic mass is 9.80. The minimum atomic E-state index is -4.47. The molecule has 586 valence electrons. The minimum Gasteiger partial charge on any atom is -0.423 e. The second-order valence-electron chi connectivity index (χ2n) is 26.4. The van der Waals surface area contributed by atoms with Gasteiger partial charge < -0.3 is 35.1 Å². The van der Waals surface area contributed by atoms with Crippen LogP contribution in [0, 0.1) is 0 Å². The molecule has 3 aliphatic heterocycles. The first-order valence-corrected chi connectivity index (χ1v) is 38.2. The number of H-pyrrole nitrogens is 2. The van der Waals surface area contributed by atoms with Crippen LogP contribution in [0.1, 0.15) is 125 Å². The molecule has 0 radical (unpaired) electrons. The zero-order valence-electron chi connectivity index (χ0n) is 61.7. The maximum atomic E-state index is 13.1. The molecule has 112 heavy (non-hydrogen) atoms. The predicted octanol–water partition coefficient (Wildman–Crippen LogP) is 17.5. The molecule has 0 saturated carbocycles. The molecule has 5 aromatic carbocycles. The first-order valence-electron chi connectivity index (χ1n) is 36.2. The van der Waals surface area contributed by atoms with Crippen molar-refractivity contribution in [2.45, 2.75) is 137 Å². The average Bonchev–Trinajstić information content (AvgIpc) is 1.59. The van der Waals surface area contributed by atoms with Crippen LogP contribution < -0.4 is 20.6 Å². The van der Waals surface area contributed by atoms with Crippen molar-refractivity contribution in [3.05, 3.63) is 251 Å². The predicted molar refractivity (Wildman–Crippen MR) is 426 cm³/mol. The maximum absolute atomic E-state index is 13.1. The molecule has 0 spiro atoms. The molecule has 0 amide bonds. The smallest absolute Gasteiger partial charge is 0.423 e. The Hall–Kier alpha value is -9.50. The molecule has 3 aliphatic rings. The van der Waals surface area contributed by atoms with Crippen molar-refractivity contribution in [2.24, 2.45) is 0 Å². The third-order valence-corrected chi connectivity index (χ3v) is 21.4. The van der Waals surface area contributed by atoms with Crippen molar-refractivity contribution in [3.8, 4) is 28.3 Å². The summed E-state index contributed by atoms with van der Waals surface area (Å²) in [5.41, 5.74) is 19.6. The van der Waals surface area contributed by atoms with Crippen molar-refractivity contribution < 1.29 is 49.6 Å². The van der Waals surface area contributed by atoms with Gasteiger partial charge in [0.25, 0.3) is 0 Å². The highest BCUT2D eigenvalue weighted by Gasteiger charge is 2.36. The molecule has 33 heteroatoms. The largest absolute Gasteiger partial charge is 0.488 e. The minimum absolute atomic E-state index is 0. The summed E-state index contributed by atoms with van der Waals surface area (Å²) in [7, 11) is -1.38. The number of aromatic nitrogens is 14. The number of nitrogens with one attached hydrogen (secondary N) is 3. The van der Waals surface area contributed by atoms with Crippen molar-refractivity contribution in [1.29, 1.82) is 0 Å². The Morgan fingerprint density at radius 1 is 0.464 bits per heavy atom. The highest BCUT2D eigenvalue weighted by Crippen LogP contribution is 2.40. The fraction of sp³-hybridized carbons (Fsp3) is 0.304. The molecule has 11 heterocycles. The van der Waals surface area contributed by atoms with Gasteiger partial charge in [-0.3, -0.25) is 0 Å². The molecule has 0 saturated heterocycles. The number of rotatable bonds is 13. The van der Waals surface area contributed by atoms with Crippen LogP contribution in [-0.4, -0.2) is 106 Å². The van der Waals surface area contributed by atoms with E-state index in [2.05, 4.69) is 201 Å². The van der Waals surface area contributed by atoms with E-state index in [0.717, 1.165) is 159 Å². The van der Waals surface area contributed by atoms with E-state index in [1.807, 2.05) is 45.1 Å².